The van der Waals surface area contributed by atoms with Gasteiger partial charge < -0.3 is 20.2 Å². The molecule has 0 unspecified atom stereocenters. The molecule has 0 amide bonds. The molecule has 0 fully saturated rings. The Bertz CT molecular complexity index is 652. The normalized spacial score (nSPS) is 10.1. The molecule has 6 nitrogen and oxygen atoms in total. The largest absolute Gasteiger partial charge is 0.497 e. The van der Waals surface area contributed by atoms with Gasteiger partial charge in [0.05, 0.1) is 19.9 Å². The van der Waals surface area contributed by atoms with Crippen LogP contribution in [0.25, 0.3) is 0 Å². The fourth-order valence-electron chi connectivity index (χ4n) is 1.68. The van der Waals surface area contributed by atoms with Crippen molar-refractivity contribution in [2.45, 2.75) is 0 Å². The zero-order chi connectivity index (χ0) is 15.4. The second-order valence-corrected chi connectivity index (χ2v) is 3.98. The number of hydrazine groups is 1. The van der Waals surface area contributed by atoms with E-state index in [1.807, 2.05) is 0 Å². The molecule has 0 atom stereocenters. The molecule has 2 aromatic rings. The smallest absolute Gasteiger partial charge is 0.178 e. The Morgan fingerprint density at radius 2 is 1.76 bits per heavy atom. The molecule has 1 aromatic heterocycles. The van der Waals surface area contributed by atoms with Gasteiger partial charge in [0.2, 0.25) is 0 Å². The highest BCUT2D eigenvalue weighted by Crippen LogP contribution is 2.32. The van der Waals surface area contributed by atoms with Crippen LogP contribution in [0, 0.1) is 11.6 Å². The van der Waals surface area contributed by atoms with Crippen LogP contribution in [0.1, 0.15) is 0 Å². The van der Waals surface area contributed by atoms with Crippen LogP contribution in [0.4, 0.5) is 26.1 Å². The lowest BCUT2D eigenvalue weighted by atomic mass is 10.2. The van der Waals surface area contributed by atoms with Crippen LogP contribution in [0.5, 0.6) is 11.5 Å². The van der Waals surface area contributed by atoms with Gasteiger partial charge in [-0.3, -0.25) is 0 Å². The van der Waals surface area contributed by atoms with Crippen molar-refractivity contribution in [1.29, 1.82) is 0 Å². The Hall–Kier alpha value is -2.61. The number of anilines is 3. The van der Waals surface area contributed by atoms with Crippen LogP contribution < -0.4 is 26.1 Å². The van der Waals surface area contributed by atoms with Crippen molar-refractivity contribution < 1.29 is 18.3 Å². The number of aromatic nitrogens is 1. The second-order valence-electron chi connectivity index (χ2n) is 3.98. The van der Waals surface area contributed by atoms with Gasteiger partial charge in [-0.05, 0) is 12.1 Å². The Morgan fingerprint density at radius 1 is 1.05 bits per heavy atom. The summed E-state index contributed by atoms with van der Waals surface area (Å²) in [6.45, 7) is 0. The number of pyridine rings is 1. The molecule has 0 aliphatic carbocycles. The zero-order valence-corrected chi connectivity index (χ0v) is 11.4. The zero-order valence-electron chi connectivity index (χ0n) is 11.4. The molecule has 0 saturated heterocycles. The van der Waals surface area contributed by atoms with Gasteiger partial charge in [-0.15, -0.1) is 0 Å². The number of benzene rings is 1. The average Bonchev–Trinajstić information content (AvgIpc) is 2.50. The first-order valence-corrected chi connectivity index (χ1v) is 5.90. The van der Waals surface area contributed by atoms with Crippen molar-refractivity contribution >= 4 is 17.3 Å². The molecule has 0 aliphatic rings. The lowest BCUT2D eigenvalue weighted by Crippen LogP contribution is -2.12. The molecule has 1 aromatic carbocycles. The Kier molecular flexibility index (Phi) is 4.39. The van der Waals surface area contributed by atoms with Crippen molar-refractivity contribution in [2.24, 2.45) is 5.84 Å². The minimum Gasteiger partial charge on any atom is -0.497 e. The molecule has 0 aliphatic heterocycles. The number of nitrogens with two attached hydrogens (primary N) is 1. The summed E-state index contributed by atoms with van der Waals surface area (Å²) in [5.74, 6) is 3.91. The number of hydrogen-bond acceptors (Lipinski definition) is 6. The molecule has 1 heterocycles. The van der Waals surface area contributed by atoms with Gasteiger partial charge in [0.1, 0.15) is 11.5 Å². The molecule has 4 N–H and O–H groups in total. The number of nitrogen functional groups attached to an aromatic ring is 1. The fourth-order valence-corrected chi connectivity index (χ4v) is 1.68. The van der Waals surface area contributed by atoms with E-state index in [4.69, 9.17) is 15.3 Å². The molecular formula is C13H14F2N4O2. The maximum Gasteiger partial charge on any atom is 0.178 e. The average molecular weight is 296 g/mol. The highest BCUT2D eigenvalue weighted by molar-refractivity contribution is 5.67. The van der Waals surface area contributed by atoms with Crippen molar-refractivity contribution in [1.82, 2.24) is 4.98 Å². The van der Waals surface area contributed by atoms with Gasteiger partial charge in [0, 0.05) is 12.1 Å². The molecule has 21 heavy (non-hydrogen) atoms. The summed E-state index contributed by atoms with van der Waals surface area (Å²) in [5, 5.41) is 2.72. The summed E-state index contributed by atoms with van der Waals surface area (Å²) in [6, 6.07) is 5.58. The number of methoxy groups -OCH3 is 2. The third-order valence-electron chi connectivity index (χ3n) is 2.73. The van der Waals surface area contributed by atoms with Crippen LogP contribution in [0.3, 0.4) is 0 Å². The molecule has 2 rings (SSSR count). The van der Waals surface area contributed by atoms with Gasteiger partial charge in [0.25, 0.3) is 0 Å². The van der Waals surface area contributed by atoms with E-state index in [0.717, 1.165) is 0 Å². The summed E-state index contributed by atoms with van der Waals surface area (Å²) >= 11 is 0. The van der Waals surface area contributed by atoms with Gasteiger partial charge in [-0.2, -0.15) is 0 Å². The first-order valence-electron chi connectivity index (χ1n) is 5.90. The van der Waals surface area contributed by atoms with Gasteiger partial charge in [0.15, 0.2) is 23.3 Å². The molecule has 0 bridgehead atoms. The quantitative estimate of drug-likeness (QED) is 0.580. The lowest BCUT2D eigenvalue weighted by molar-refractivity contribution is 0.395. The minimum absolute atomic E-state index is 0.187. The number of ether oxygens (including phenoxy) is 2. The van der Waals surface area contributed by atoms with Crippen molar-refractivity contribution in [3.63, 3.8) is 0 Å². The molecule has 0 radical (unpaired) electrons. The van der Waals surface area contributed by atoms with E-state index >= 15 is 0 Å². The highest BCUT2D eigenvalue weighted by Gasteiger charge is 2.13. The maximum atomic E-state index is 13.7. The Morgan fingerprint density at radius 3 is 2.38 bits per heavy atom. The predicted octanol–water partition coefficient (Wildman–Crippen LogP) is 2.41. The highest BCUT2D eigenvalue weighted by atomic mass is 19.1. The van der Waals surface area contributed by atoms with E-state index < -0.39 is 11.6 Å². The van der Waals surface area contributed by atoms with Gasteiger partial charge >= 0.3 is 0 Å². The maximum absolute atomic E-state index is 13.7. The standard InChI is InChI=1S/C13H14F2N4O2/c1-20-7-3-4-10(11(5-7)21-2)17-12-8(14)6-9(15)13(18-12)19-16/h3-6H,16H2,1-2H3,(H2,17,18,19). The van der Waals surface area contributed by atoms with Crippen LogP contribution in [0.2, 0.25) is 0 Å². The van der Waals surface area contributed by atoms with Crippen molar-refractivity contribution in [2.75, 3.05) is 25.0 Å². The first-order chi connectivity index (χ1) is 10.1. The van der Waals surface area contributed by atoms with Crippen LogP contribution >= 0.6 is 0 Å². The number of hydrogen-bond donors (Lipinski definition) is 3. The summed E-state index contributed by atoms with van der Waals surface area (Å²) in [4.78, 5) is 3.72. The van der Waals surface area contributed by atoms with E-state index in [1.54, 1.807) is 18.2 Å². The number of halogens is 2. The van der Waals surface area contributed by atoms with Crippen LogP contribution in [-0.2, 0) is 0 Å². The Balaban J connectivity index is 2.38. The first kappa shape index (κ1) is 14.8. The topological polar surface area (TPSA) is 81.4 Å². The van der Waals surface area contributed by atoms with Crippen LogP contribution in [-0.4, -0.2) is 19.2 Å². The van der Waals surface area contributed by atoms with E-state index in [1.165, 1.54) is 14.2 Å². The fraction of sp³-hybridized carbons (Fsp3) is 0.154. The third-order valence-corrected chi connectivity index (χ3v) is 2.73. The lowest BCUT2D eigenvalue weighted by Gasteiger charge is -2.13. The van der Waals surface area contributed by atoms with Gasteiger partial charge in [-0.25, -0.2) is 19.6 Å². The predicted molar refractivity (Wildman–Crippen MR) is 74.8 cm³/mol. The van der Waals surface area contributed by atoms with E-state index in [9.17, 15) is 8.78 Å². The summed E-state index contributed by atoms with van der Waals surface area (Å²) < 4.78 is 37.3. The molecule has 0 spiro atoms. The van der Waals surface area contributed by atoms with E-state index in [2.05, 4.69) is 15.7 Å². The summed E-state index contributed by atoms with van der Waals surface area (Å²) in [7, 11) is 2.98. The monoisotopic (exact) mass is 296 g/mol. The van der Waals surface area contributed by atoms with Crippen LogP contribution in [0.15, 0.2) is 24.3 Å². The third kappa shape index (κ3) is 3.11. The number of nitrogens with one attached hydrogen (secondary N) is 2. The molecule has 112 valence electrons. The minimum atomic E-state index is -0.887. The van der Waals surface area contributed by atoms with Gasteiger partial charge in [-0.1, -0.05) is 0 Å². The van der Waals surface area contributed by atoms with E-state index in [-0.39, 0.29) is 11.6 Å². The molecular weight excluding hydrogens is 282 g/mol. The summed E-state index contributed by atoms with van der Waals surface area (Å²) in [6.07, 6.45) is 0. The Labute approximate surface area is 119 Å². The van der Waals surface area contributed by atoms with Crippen molar-refractivity contribution in [3.8, 4) is 11.5 Å². The number of rotatable bonds is 5. The van der Waals surface area contributed by atoms with Crippen molar-refractivity contribution in [3.05, 3.63) is 35.9 Å². The summed E-state index contributed by atoms with van der Waals surface area (Å²) in [5.41, 5.74) is 2.50. The molecule has 8 heteroatoms. The number of nitrogens with zero attached hydrogens (tertiary/aromatic N) is 1. The SMILES string of the molecule is COc1ccc(Nc2nc(NN)c(F)cc2F)c(OC)c1. The second kappa shape index (κ2) is 6.23. The van der Waals surface area contributed by atoms with E-state index in [0.29, 0.717) is 23.3 Å². The molecule has 0 saturated carbocycles.